The maximum atomic E-state index is 2.47. The Morgan fingerprint density at radius 1 is 0.519 bits per heavy atom. The summed E-state index contributed by atoms with van der Waals surface area (Å²) in [6, 6.07) is 57.1. The summed E-state index contributed by atoms with van der Waals surface area (Å²) in [6.45, 7) is 7.03. The Balaban J connectivity index is 1.08. The first-order valence-corrected chi connectivity index (χ1v) is 19.3. The van der Waals surface area contributed by atoms with Gasteiger partial charge in [0.15, 0.2) is 0 Å². The van der Waals surface area contributed by atoms with Crippen LogP contribution in [0, 0.1) is 18.8 Å². The van der Waals surface area contributed by atoms with Crippen LogP contribution < -0.4 is 4.90 Å². The maximum Gasteiger partial charge on any atom is 0.0465 e. The average Bonchev–Trinajstić information content (AvgIpc) is 3.89. The largest absolute Gasteiger partial charge is 0.310 e. The van der Waals surface area contributed by atoms with Crippen LogP contribution in [-0.2, 0) is 5.41 Å². The summed E-state index contributed by atoms with van der Waals surface area (Å²) in [5.41, 5.74) is 17.0. The molecule has 2 saturated carbocycles. The predicted molar refractivity (Wildman–Crippen MR) is 220 cm³/mol. The predicted octanol–water partition coefficient (Wildman–Crippen LogP) is 14.2. The lowest BCUT2D eigenvalue weighted by Crippen LogP contribution is -2.16. The molecular formula is C51H45N. The first kappa shape index (κ1) is 31.3. The molecule has 0 saturated heterocycles. The summed E-state index contributed by atoms with van der Waals surface area (Å²) in [6.07, 6.45) is 5.65. The van der Waals surface area contributed by atoms with Gasteiger partial charge in [-0.2, -0.15) is 0 Å². The molecular weight excluding hydrogens is 627 g/mol. The number of anilines is 3. The van der Waals surface area contributed by atoms with Gasteiger partial charge in [0, 0.05) is 22.5 Å². The number of nitrogens with zero attached hydrogens (tertiary/aromatic N) is 1. The first-order valence-electron chi connectivity index (χ1n) is 19.3. The number of aryl methyl sites for hydroxylation is 1. The van der Waals surface area contributed by atoms with Gasteiger partial charge in [-0.1, -0.05) is 123 Å². The van der Waals surface area contributed by atoms with Crippen LogP contribution in [0.5, 0.6) is 0 Å². The van der Waals surface area contributed by atoms with Crippen molar-refractivity contribution in [2.24, 2.45) is 11.8 Å². The van der Waals surface area contributed by atoms with Gasteiger partial charge in [-0.3, -0.25) is 0 Å². The van der Waals surface area contributed by atoms with Gasteiger partial charge in [-0.25, -0.2) is 0 Å². The summed E-state index contributed by atoms with van der Waals surface area (Å²) >= 11 is 0. The van der Waals surface area contributed by atoms with Crippen molar-refractivity contribution in [2.75, 3.05) is 4.90 Å². The number of rotatable bonds is 6. The van der Waals surface area contributed by atoms with Gasteiger partial charge in [-0.15, -0.1) is 0 Å². The molecule has 3 unspecified atom stereocenters. The molecule has 0 heterocycles. The number of hydrogen-bond acceptors (Lipinski definition) is 1. The second-order valence-electron chi connectivity index (χ2n) is 16.2. The molecule has 2 fully saturated rings. The summed E-state index contributed by atoms with van der Waals surface area (Å²) in [5, 5.41) is 2.52. The van der Waals surface area contributed by atoms with Crippen molar-refractivity contribution in [3.05, 3.63) is 174 Å². The summed E-state index contributed by atoms with van der Waals surface area (Å²) in [7, 11) is 0. The average molecular weight is 672 g/mol. The van der Waals surface area contributed by atoms with E-state index in [4.69, 9.17) is 0 Å². The van der Waals surface area contributed by atoms with Crippen molar-refractivity contribution in [1.82, 2.24) is 0 Å². The first-order chi connectivity index (χ1) is 25.4. The second kappa shape index (κ2) is 12.1. The van der Waals surface area contributed by atoms with Gasteiger partial charge in [-0.05, 0) is 159 Å². The SMILES string of the molecule is Cc1cccc2c1-c1ccc(N(c3ccc(-c4cc5ccccc5cc4-c4ccccc4)cc3)c3ccc(C4CC5CCC4C5)cc3)cc1C2(C)C. The third kappa shape index (κ3) is 5.05. The van der Waals surface area contributed by atoms with Crippen molar-refractivity contribution >= 4 is 27.8 Å². The number of hydrogen-bond donors (Lipinski definition) is 0. The van der Waals surface area contributed by atoms with Gasteiger partial charge >= 0.3 is 0 Å². The van der Waals surface area contributed by atoms with E-state index in [1.54, 1.807) is 0 Å². The van der Waals surface area contributed by atoms with Gasteiger partial charge in [0.2, 0.25) is 0 Å². The highest BCUT2D eigenvalue weighted by atomic mass is 15.1. The maximum absolute atomic E-state index is 2.47. The van der Waals surface area contributed by atoms with Crippen molar-refractivity contribution in [2.45, 2.75) is 57.8 Å². The third-order valence-electron chi connectivity index (χ3n) is 12.9. The Bertz CT molecular complexity index is 2450. The molecule has 3 aliphatic rings. The van der Waals surface area contributed by atoms with Gasteiger partial charge in [0.25, 0.3) is 0 Å². The van der Waals surface area contributed by atoms with E-state index in [1.807, 2.05) is 0 Å². The lowest BCUT2D eigenvalue weighted by molar-refractivity contribution is 0.420. The molecule has 3 aliphatic carbocycles. The molecule has 7 aromatic carbocycles. The van der Waals surface area contributed by atoms with Crippen molar-refractivity contribution in [1.29, 1.82) is 0 Å². The molecule has 7 aromatic rings. The van der Waals surface area contributed by atoms with Crippen molar-refractivity contribution in [3.63, 3.8) is 0 Å². The Morgan fingerprint density at radius 3 is 1.81 bits per heavy atom. The minimum absolute atomic E-state index is 0.0716. The van der Waals surface area contributed by atoms with Crippen LogP contribution in [0.25, 0.3) is 44.2 Å². The van der Waals surface area contributed by atoms with E-state index in [0.29, 0.717) is 0 Å². The van der Waals surface area contributed by atoms with E-state index in [2.05, 4.69) is 177 Å². The highest BCUT2D eigenvalue weighted by Crippen LogP contribution is 2.54. The van der Waals surface area contributed by atoms with E-state index in [0.717, 1.165) is 17.8 Å². The third-order valence-corrected chi connectivity index (χ3v) is 12.9. The Morgan fingerprint density at radius 2 is 1.15 bits per heavy atom. The fraction of sp³-hybridized carbons (Fsp3) is 0.216. The molecule has 0 spiro atoms. The molecule has 1 heteroatoms. The van der Waals surface area contributed by atoms with Crippen LogP contribution in [0.15, 0.2) is 152 Å². The molecule has 1 nitrogen and oxygen atoms in total. The fourth-order valence-corrected chi connectivity index (χ4v) is 10.2. The normalized spacial score (nSPS) is 19.5. The molecule has 0 amide bonds. The smallest absolute Gasteiger partial charge is 0.0465 e. The monoisotopic (exact) mass is 671 g/mol. The van der Waals surface area contributed by atoms with E-state index in [-0.39, 0.29) is 5.41 Å². The second-order valence-corrected chi connectivity index (χ2v) is 16.2. The summed E-state index contributed by atoms with van der Waals surface area (Å²) in [5.74, 6) is 2.54. The van der Waals surface area contributed by atoms with Crippen LogP contribution in [0.3, 0.4) is 0 Å². The van der Waals surface area contributed by atoms with E-state index in [9.17, 15) is 0 Å². The van der Waals surface area contributed by atoms with Crippen molar-refractivity contribution in [3.8, 4) is 33.4 Å². The van der Waals surface area contributed by atoms with Crippen LogP contribution in [0.4, 0.5) is 17.1 Å². The highest BCUT2D eigenvalue weighted by molar-refractivity contribution is 5.97. The molecule has 0 aromatic heterocycles. The minimum Gasteiger partial charge on any atom is -0.310 e. The lowest BCUT2D eigenvalue weighted by Gasteiger charge is -2.29. The minimum atomic E-state index is -0.0716. The van der Waals surface area contributed by atoms with Crippen LogP contribution in [-0.4, -0.2) is 0 Å². The molecule has 2 bridgehead atoms. The van der Waals surface area contributed by atoms with Crippen molar-refractivity contribution < 1.29 is 0 Å². The van der Waals surface area contributed by atoms with Gasteiger partial charge in [0.1, 0.15) is 0 Å². The Kier molecular flexibility index (Phi) is 7.29. The van der Waals surface area contributed by atoms with E-state index < -0.39 is 0 Å². The molecule has 254 valence electrons. The molecule has 0 radical (unpaired) electrons. The zero-order valence-electron chi connectivity index (χ0n) is 30.4. The summed E-state index contributed by atoms with van der Waals surface area (Å²) < 4.78 is 0. The summed E-state index contributed by atoms with van der Waals surface area (Å²) in [4.78, 5) is 2.47. The Labute approximate surface area is 308 Å². The number of benzene rings is 7. The standard InChI is InChI=1S/C51H45N/c1-33-10-9-15-48-50(33)44-27-26-43(32-49(44)51(48,2)3)52(41-22-18-36(19-23-41)45-29-34-16-17-40(45)28-34)42-24-20-37(21-25-42)47-31-39-14-8-7-13-38(39)30-46(47)35-11-5-4-6-12-35/h4-15,18-27,30-32,34,40,45H,16-17,28-29H2,1-3H3. The molecule has 10 rings (SSSR count). The quantitative estimate of drug-likeness (QED) is 0.170. The Hall–Kier alpha value is -5.40. The zero-order valence-corrected chi connectivity index (χ0v) is 30.4. The van der Waals surface area contributed by atoms with Gasteiger partial charge < -0.3 is 4.90 Å². The molecule has 52 heavy (non-hydrogen) atoms. The van der Waals surface area contributed by atoms with Crippen LogP contribution >= 0.6 is 0 Å². The molecule has 0 aliphatic heterocycles. The fourth-order valence-electron chi connectivity index (χ4n) is 10.2. The zero-order chi connectivity index (χ0) is 35.0. The lowest BCUT2D eigenvalue weighted by atomic mass is 9.82. The molecule has 3 atom stereocenters. The van der Waals surface area contributed by atoms with E-state index >= 15 is 0 Å². The van der Waals surface area contributed by atoms with Crippen LogP contribution in [0.1, 0.15) is 67.7 Å². The number of fused-ring (bicyclic) bond motifs is 6. The van der Waals surface area contributed by atoms with Gasteiger partial charge in [0.05, 0.1) is 0 Å². The highest BCUT2D eigenvalue weighted by Gasteiger charge is 2.40. The van der Waals surface area contributed by atoms with Crippen LogP contribution in [0.2, 0.25) is 0 Å². The topological polar surface area (TPSA) is 3.24 Å². The molecule has 0 N–H and O–H groups in total. The van der Waals surface area contributed by atoms with E-state index in [1.165, 1.54) is 109 Å².